The topological polar surface area (TPSA) is 58.6 Å². The third kappa shape index (κ3) is 3.16. The maximum Gasteiger partial charge on any atom is 0.154 e. The van der Waals surface area contributed by atoms with Gasteiger partial charge in [0.05, 0.1) is 19.3 Å². The fourth-order valence-corrected chi connectivity index (χ4v) is 6.48. The lowest BCUT2D eigenvalue weighted by atomic mass is 9.55. The van der Waals surface area contributed by atoms with E-state index in [1.165, 1.54) is 17.5 Å². The van der Waals surface area contributed by atoms with E-state index in [4.69, 9.17) is 4.74 Å². The molecule has 0 unspecified atom stereocenters. The van der Waals surface area contributed by atoms with Crippen molar-refractivity contribution >= 4 is 5.78 Å². The van der Waals surface area contributed by atoms with Crippen LogP contribution in [-0.4, -0.2) is 30.1 Å². The van der Waals surface area contributed by atoms with E-state index in [1.807, 2.05) is 6.92 Å². The number of aliphatic hydroxyl groups is 1. The first-order chi connectivity index (χ1) is 13.3. The fraction of sp³-hybridized carbons (Fsp3) is 0.625. The molecule has 3 aliphatic carbocycles. The van der Waals surface area contributed by atoms with Crippen molar-refractivity contribution in [1.29, 1.82) is 0 Å². The average molecular weight is 384 g/mol. The van der Waals surface area contributed by atoms with Crippen molar-refractivity contribution in [2.45, 2.75) is 70.9 Å². The van der Waals surface area contributed by atoms with Gasteiger partial charge in [-0.3, -0.25) is 4.79 Å². The highest BCUT2D eigenvalue weighted by Crippen LogP contribution is 2.61. The predicted octanol–water partition coefficient (Wildman–Crippen LogP) is 3.97. The van der Waals surface area contributed by atoms with Crippen LogP contribution in [0, 0.1) is 17.3 Å². The van der Waals surface area contributed by atoms with Gasteiger partial charge < -0.3 is 15.2 Å². The molecule has 28 heavy (non-hydrogen) atoms. The number of fused-ring (bicyclic) bond motifs is 5. The molecule has 0 bridgehead atoms. The van der Waals surface area contributed by atoms with Gasteiger partial charge in [0.2, 0.25) is 0 Å². The minimum Gasteiger partial charge on any atom is -0.497 e. The Hall–Kier alpha value is -1.81. The molecule has 152 valence electrons. The van der Waals surface area contributed by atoms with Crippen molar-refractivity contribution in [2.75, 3.05) is 7.11 Å². The Morgan fingerprint density at radius 1 is 1.32 bits per heavy atom. The van der Waals surface area contributed by atoms with Crippen LogP contribution in [0.2, 0.25) is 0 Å². The zero-order chi connectivity index (χ0) is 20.1. The van der Waals surface area contributed by atoms with Gasteiger partial charge in [-0.1, -0.05) is 13.0 Å². The van der Waals surface area contributed by atoms with Crippen molar-refractivity contribution in [3.63, 3.8) is 0 Å². The van der Waals surface area contributed by atoms with Gasteiger partial charge in [-0.15, -0.1) is 0 Å². The van der Waals surface area contributed by atoms with Crippen molar-refractivity contribution in [3.8, 4) is 5.75 Å². The molecule has 4 heteroatoms. The van der Waals surface area contributed by atoms with E-state index in [2.05, 4.69) is 30.4 Å². The molecule has 0 aromatic heterocycles. The second-order valence-electron chi connectivity index (χ2n) is 9.39. The van der Waals surface area contributed by atoms with Gasteiger partial charge in [0.15, 0.2) is 5.78 Å². The van der Waals surface area contributed by atoms with Gasteiger partial charge in [0, 0.05) is 5.70 Å². The number of hydrogen-bond donors (Lipinski definition) is 2. The summed E-state index contributed by atoms with van der Waals surface area (Å²) in [7, 11) is 1.73. The second-order valence-corrected chi connectivity index (χ2v) is 9.39. The molecule has 0 aliphatic heterocycles. The van der Waals surface area contributed by atoms with Crippen LogP contribution in [0.25, 0.3) is 0 Å². The number of aryl methyl sites for hydroxylation is 1. The highest BCUT2D eigenvalue weighted by molar-refractivity contribution is 5.87. The van der Waals surface area contributed by atoms with E-state index in [0.29, 0.717) is 17.8 Å². The number of rotatable bonds is 4. The first-order valence-corrected chi connectivity index (χ1v) is 10.6. The van der Waals surface area contributed by atoms with Crippen LogP contribution in [0.4, 0.5) is 0 Å². The molecule has 1 aromatic carbocycles. The zero-order valence-corrected chi connectivity index (χ0v) is 17.5. The Morgan fingerprint density at radius 3 is 2.82 bits per heavy atom. The molecule has 4 nitrogen and oxygen atoms in total. The number of aliphatic hydroxyl groups excluding tert-OH is 1. The number of ketones is 1. The molecule has 0 spiro atoms. The monoisotopic (exact) mass is 383 g/mol. The molecule has 6 atom stereocenters. The summed E-state index contributed by atoms with van der Waals surface area (Å²) in [6.45, 7) is 5.77. The molecule has 2 saturated carbocycles. The lowest BCUT2D eigenvalue weighted by Crippen LogP contribution is -2.46. The summed E-state index contributed by atoms with van der Waals surface area (Å²) in [5.41, 5.74) is 3.76. The van der Waals surface area contributed by atoms with Crippen LogP contribution < -0.4 is 10.1 Å². The van der Waals surface area contributed by atoms with E-state index in [0.717, 1.165) is 37.1 Å². The van der Waals surface area contributed by atoms with Crippen molar-refractivity contribution < 1.29 is 14.6 Å². The maximum atomic E-state index is 11.4. The highest BCUT2D eigenvalue weighted by atomic mass is 16.5. The van der Waals surface area contributed by atoms with E-state index in [-0.39, 0.29) is 23.3 Å². The largest absolute Gasteiger partial charge is 0.497 e. The number of hydrogen-bond acceptors (Lipinski definition) is 4. The standard InChI is InChI=1S/C24H33NO3/c1-14(11-15(2)26)25-22-13-21-20-7-5-16-12-17(28-4)6-8-18(16)19(20)9-10-24(21,3)23(22)27/h6,8,11-12,19-23,25,27H,5,7,9-10,13H2,1-4H3/b14-11+/t19-,20-,21+,22-,23+,24+/m1/s1. The van der Waals surface area contributed by atoms with Crippen molar-refractivity contribution in [3.05, 3.63) is 41.1 Å². The van der Waals surface area contributed by atoms with Crippen molar-refractivity contribution in [2.24, 2.45) is 17.3 Å². The first-order valence-electron chi connectivity index (χ1n) is 10.6. The zero-order valence-electron chi connectivity index (χ0n) is 17.5. The number of allylic oxidation sites excluding steroid dienone is 2. The van der Waals surface area contributed by atoms with Crippen LogP contribution in [0.3, 0.4) is 0 Å². The van der Waals surface area contributed by atoms with Gasteiger partial charge >= 0.3 is 0 Å². The quantitative estimate of drug-likeness (QED) is 0.773. The molecular formula is C24H33NO3. The predicted molar refractivity (Wildman–Crippen MR) is 110 cm³/mol. The van der Waals surface area contributed by atoms with Crippen LogP contribution in [0.5, 0.6) is 5.75 Å². The average Bonchev–Trinajstić information content (AvgIpc) is 2.91. The number of ether oxygens (including phenoxy) is 1. The Kier molecular flexibility index (Phi) is 5.03. The Balaban J connectivity index is 1.58. The number of carbonyl (C=O) groups is 1. The lowest BCUT2D eigenvalue weighted by molar-refractivity contribution is -0.112. The first kappa shape index (κ1) is 19.5. The Labute approximate surface area is 168 Å². The number of carbonyl (C=O) groups excluding carboxylic acids is 1. The Bertz CT molecular complexity index is 801. The lowest BCUT2D eigenvalue weighted by Gasteiger charge is -2.50. The van der Waals surface area contributed by atoms with Crippen LogP contribution in [0.15, 0.2) is 30.0 Å². The molecular weight excluding hydrogens is 350 g/mol. The molecule has 4 rings (SSSR count). The summed E-state index contributed by atoms with van der Waals surface area (Å²) in [4.78, 5) is 11.4. The van der Waals surface area contributed by atoms with E-state index >= 15 is 0 Å². The molecule has 1 aromatic rings. The molecule has 0 amide bonds. The number of methoxy groups -OCH3 is 1. The molecule has 3 aliphatic rings. The third-order valence-corrected chi connectivity index (χ3v) is 7.77. The van der Waals surface area contributed by atoms with Gasteiger partial charge in [-0.25, -0.2) is 0 Å². The molecule has 0 radical (unpaired) electrons. The Morgan fingerprint density at radius 2 is 2.11 bits per heavy atom. The van der Waals surface area contributed by atoms with Crippen molar-refractivity contribution in [1.82, 2.24) is 5.32 Å². The smallest absolute Gasteiger partial charge is 0.154 e. The fourth-order valence-electron chi connectivity index (χ4n) is 6.48. The normalized spacial score (nSPS) is 36.9. The van der Waals surface area contributed by atoms with Gasteiger partial charge in [0.25, 0.3) is 0 Å². The summed E-state index contributed by atoms with van der Waals surface area (Å²) in [5, 5.41) is 14.6. The minimum absolute atomic E-state index is 0.0293. The molecule has 2 fully saturated rings. The van der Waals surface area contributed by atoms with Gasteiger partial charge in [-0.2, -0.15) is 0 Å². The van der Waals surface area contributed by atoms with Crippen LogP contribution in [-0.2, 0) is 11.2 Å². The summed E-state index contributed by atoms with van der Waals surface area (Å²) >= 11 is 0. The summed E-state index contributed by atoms with van der Waals surface area (Å²) in [5.74, 6) is 2.72. The third-order valence-electron chi connectivity index (χ3n) is 7.77. The van der Waals surface area contributed by atoms with Crippen LogP contribution >= 0.6 is 0 Å². The number of nitrogens with one attached hydrogen (secondary N) is 1. The summed E-state index contributed by atoms with van der Waals surface area (Å²) in [6.07, 6.45) is 6.72. The van der Waals surface area contributed by atoms with E-state index in [1.54, 1.807) is 20.1 Å². The SMILES string of the molecule is COc1ccc2c(c1)CC[C@@H]1[C@@H]2CC[C@]2(C)[C@@H](O)[C@H](N/C(C)=C/C(C)=O)C[C@@H]12. The highest BCUT2D eigenvalue weighted by Gasteiger charge is 2.58. The second kappa shape index (κ2) is 7.22. The van der Waals surface area contributed by atoms with Gasteiger partial charge in [-0.05, 0) is 98.5 Å². The van der Waals surface area contributed by atoms with Crippen LogP contribution in [0.1, 0.15) is 63.5 Å². The number of benzene rings is 1. The minimum atomic E-state index is -0.369. The van der Waals surface area contributed by atoms with Gasteiger partial charge in [0.1, 0.15) is 5.75 Å². The maximum absolute atomic E-state index is 11.4. The molecule has 0 heterocycles. The van der Waals surface area contributed by atoms with E-state index in [9.17, 15) is 9.90 Å². The molecule has 0 saturated heterocycles. The summed E-state index contributed by atoms with van der Waals surface area (Å²) < 4.78 is 5.42. The van der Waals surface area contributed by atoms with E-state index < -0.39 is 0 Å². The summed E-state index contributed by atoms with van der Waals surface area (Å²) in [6, 6.07) is 6.61. The molecule has 2 N–H and O–H groups in total.